The Morgan fingerprint density at radius 1 is 0.900 bits per heavy atom. The van der Waals surface area contributed by atoms with Crippen LogP contribution in [-0.2, 0) is 6.54 Å². The van der Waals surface area contributed by atoms with Gasteiger partial charge in [0.2, 0.25) is 0 Å². The second-order valence-electron chi connectivity index (χ2n) is 8.55. The lowest BCUT2D eigenvalue weighted by molar-refractivity contribution is 0.197. The molecule has 2 heterocycles. The molecule has 2 aliphatic heterocycles. The summed E-state index contributed by atoms with van der Waals surface area (Å²) in [5, 5.41) is 3.95. The summed E-state index contributed by atoms with van der Waals surface area (Å²) in [6.45, 7) is 3.24. The van der Waals surface area contributed by atoms with Gasteiger partial charge in [-0.15, -0.1) is 0 Å². The van der Waals surface area contributed by atoms with E-state index in [0.717, 1.165) is 12.3 Å². The highest BCUT2D eigenvalue weighted by molar-refractivity contribution is 5.37. The first kappa shape index (κ1) is 19.3. The highest BCUT2D eigenvalue weighted by Crippen LogP contribution is 2.43. The number of piperidine rings is 1. The van der Waals surface area contributed by atoms with Crippen molar-refractivity contribution in [1.29, 1.82) is 0 Å². The van der Waals surface area contributed by atoms with E-state index >= 15 is 0 Å². The summed E-state index contributed by atoms with van der Waals surface area (Å²) < 4.78 is 5.58. The third-order valence-corrected chi connectivity index (χ3v) is 6.93. The standard InChI is InChI=1S/C27H30N2O/c1-30-24-15-9-8-14-22(24)18-28-26-23-16-17-29(19-23)27(26)25(20-10-4-2-5-11-20)21-12-6-3-7-13-21/h2-15,23,25-28H,16-19H2,1H3/t23-,26-,27-/m1/s1. The van der Waals surface area contributed by atoms with E-state index in [2.05, 4.69) is 89.1 Å². The Kier molecular flexibility index (Phi) is 5.56. The van der Waals surface area contributed by atoms with Crippen molar-refractivity contribution in [2.24, 2.45) is 5.92 Å². The third-order valence-electron chi connectivity index (χ3n) is 6.93. The fourth-order valence-electron chi connectivity index (χ4n) is 5.58. The lowest BCUT2D eigenvalue weighted by Gasteiger charge is -2.39. The Morgan fingerprint density at radius 2 is 1.53 bits per heavy atom. The Labute approximate surface area is 179 Å². The highest BCUT2D eigenvalue weighted by Gasteiger charge is 2.49. The van der Waals surface area contributed by atoms with E-state index < -0.39 is 0 Å². The van der Waals surface area contributed by atoms with Crippen LogP contribution in [0.25, 0.3) is 0 Å². The van der Waals surface area contributed by atoms with E-state index in [9.17, 15) is 0 Å². The van der Waals surface area contributed by atoms with E-state index in [1.54, 1.807) is 7.11 Å². The molecule has 1 unspecified atom stereocenters. The molecule has 154 valence electrons. The number of ether oxygens (including phenoxy) is 1. The smallest absolute Gasteiger partial charge is 0.123 e. The van der Waals surface area contributed by atoms with Crippen molar-refractivity contribution in [3.8, 4) is 5.75 Å². The molecule has 3 heteroatoms. The van der Waals surface area contributed by atoms with Crippen LogP contribution in [0.4, 0.5) is 0 Å². The molecule has 5 rings (SSSR count). The monoisotopic (exact) mass is 398 g/mol. The van der Waals surface area contributed by atoms with Gasteiger partial charge in [-0.1, -0.05) is 78.9 Å². The van der Waals surface area contributed by atoms with Crippen LogP contribution in [0, 0.1) is 5.92 Å². The fraction of sp³-hybridized carbons (Fsp3) is 0.333. The molecule has 2 bridgehead atoms. The van der Waals surface area contributed by atoms with Crippen LogP contribution in [0.1, 0.15) is 29.0 Å². The summed E-state index contributed by atoms with van der Waals surface area (Å²) in [6, 6.07) is 31.4. The van der Waals surface area contributed by atoms with E-state index in [4.69, 9.17) is 4.74 Å². The summed E-state index contributed by atoms with van der Waals surface area (Å²) in [4.78, 5) is 2.72. The van der Waals surface area contributed by atoms with Gasteiger partial charge in [-0.25, -0.2) is 0 Å². The number of nitrogens with one attached hydrogen (secondary N) is 1. The first-order chi connectivity index (χ1) is 14.8. The number of fused-ring (bicyclic) bond motifs is 2. The van der Waals surface area contributed by atoms with Crippen LogP contribution in [0.5, 0.6) is 5.75 Å². The molecule has 30 heavy (non-hydrogen) atoms. The summed E-state index contributed by atoms with van der Waals surface area (Å²) in [7, 11) is 1.76. The summed E-state index contributed by atoms with van der Waals surface area (Å²) >= 11 is 0. The Morgan fingerprint density at radius 3 is 2.20 bits per heavy atom. The average Bonchev–Trinajstić information content (AvgIpc) is 3.42. The molecule has 3 aromatic carbocycles. The van der Waals surface area contributed by atoms with Crippen LogP contribution in [0.15, 0.2) is 84.9 Å². The van der Waals surface area contributed by atoms with Crippen LogP contribution < -0.4 is 10.1 Å². The molecule has 0 radical (unpaired) electrons. The van der Waals surface area contributed by atoms with Crippen LogP contribution in [0.2, 0.25) is 0 Å². The molecular formula is C27H30N2O. The van der Waals surface area contributed by atoms with Gasteiger partial charge in [-0.3, -0.25) is 4.90 Å². The zero-order valence-corrected chi connectivity index (χ0v) is 17.6. The van der Waals surface area contributed by atoms with Crippen LogP contribution >= 0.6 is 0 Å². The van der Waals surface area contributed by atoms with Crippen molar-refractivity contribution < 1.29 is 4.74 Å². The van der Waals surface area contributed by atoms with Gasteiger partial charge in [0.15, 0.2) is 0 Å². The first-order valence-corrected chi connectivity index (χ1v) is 11.0. The minimum atomic E-state index is 0.368. The molecule has 0 aliphatic carbocycles. The van der Waals surface area contributed by atoms with Crippen molar-refractivity contribution >= 4 is 0 Å². The predicted octanol–water partition coefficient (Wildman–Crippen LogP) is 4.69. The van der Waals surface area contributed by atoms with E-state index in [-0.39, 0.29) is 0 Å². The molecule has 2 fully saturated rings. The highest BCUT2D eigenvalue weighted by atomic mass is 16.5. The minimum Gasteiger partial charge on any atom is -0.496 e. The van der Waals surface area contributed by atoms with Crippen molar-refractivity contribution in [1.82, 2.24) is 10.2 Å². The second-order valence-corrected chi connectivity index (χ2v) is 8.55. The Bertz CT molecular complexity index is 919. The van der Waals surface area contributed by atoms with Gasteiger partial charge in [0.25, 0.3) is 0 Å². The number of hydrogen-bond acceptors (Lipinski definition) is 3. The number of nitrogens with zero attached hydrogens (tertiary/aromatic N) is 1. The number of hydrogen-bond donors (Lipinski definition) is 1. The van der Waals surface area contributed by atoms with Gasteiger partial charge in [0.1, 0.15) is 5.75 Å². The number of methoxy groups -OCH3 is 1. The maximum absolute atomic E-state index is 5.58. The molecule has 1 N–H and O–H groups in total. The summed E-state index contributed by atoms with van der Waals surface area (Å²) in [5.41, 5.74) is 4.04. The molecule has 2 aliphatic rings. The third kappa shape index (κ3) is 3.64. The number of benzene rings is 3. The predicted molar refractivity (Wildman–Crippen MR) is 122 cm³/mol. The van der Waals surface area contributed by atoms with Gasteiger partial charge in [0, 0.05) is 36.7 Å². The fourth-order valence-corrected chi connectivity index (χ4v) is 5.58. The summed E-state index contributed by atoms with van der Waals surface area (Å²) in [5.74, 6) is 2.04. The Hall–Kier alpha value is -2.62. The van der Waals surface area contributed by atoms with Gasteiger partial charge < -0.3 is 10.1 Å². The van der Waals surface area contributed by atoms with E-state index in [1.165, 1.54) is 36.2 Å². The molecule has 0 spiro atoms. The maximum atomic E-state index is 5.58. The zero-order valence-electron chi connectivity index (χ0n) is 17.6. The van der Waals surface area contributed by atoms with Crippen LogP contribution in [-0.4, -0.2) is 37.2 Å². The van der Waals surface area contributed by atoms with Crippen molar-refractivity contribution in [3.05, 3.63) is 102 Å². The lowest BCUT2D eigenvalue weighted by Crippen LogP contribution is -2.50. The molecule has 0 amide bonds. The Balaban J connectivity index is 1.47. The average molecular weight is 399 g/mol. The van der Waals surface area contributed by atoms with Gasteiger partial charge in [-0.2, -0.15) is 0 Å². The van der Waals surface area contributed by atoms with E-state index in [0.29, 0.717) is 23.9 Å². The summed E-state index contributed by atoms with van der Waals surface area (Å²) in [6.07, 6.45) is 1.29. The topological polar surface area (TPSA) is 24.5 Å². The van der Waals surface area contributed by atoms with Gasteiger partial charge in [0.05, 0.1) is 7.11 Å². The van der Waals surface area contributed by atoms with Crippen molar-refractivity contribution in [2.45, 2.75) is 31.0 Å². The SMILES string of the molecule is COc1ccccc1CN[C@@H]1[C@@H]2CCN(C2)[C@@H]1C(c1ccccc1)c1ccccc1. The maximum Gasteiger partial charge on any atom is 0.123 e. The molecule has 3 nitrogen and oxygen atoms in total. The zero-order chi connectivity index (χ0) is 20.3. The molecule has 4 atom stereocenters. The van der Waals surface area contributed by atoms with Crippen molar-refractivity contribution in [3.63, 3.8) is 0 Å². The second kappa shape index (κ2) is 8.63. The van der Waals surface area contributed by atoms with E-state index in [1.807, 2.05) is 6.07 Å². The molecular weight excluding hydrogens is 368 g/mol. The quantitative estimate of drug-likeness (QED) is 0.625. The number of para-hydroxylation sites is 1. The minimum absolute atomic E-state index is 0.368. The number of rotatable bonds is 7. The van der Waals surface area contributed by atoms with Crippen LogP contribution in [0.3, 0.4) is 0 Å². The molecule has 2 saturated heterocycles. The van der Waals surface area contributed by atoms with Gasteiger partial charge in [-0.05, 0) is 36.1 Å². The largest absolute Gasteiger partial charge is 0.496 e. The van der Waals surface area contributed by atoms with Crippen molar-refractivity contribution in [2.75, 3.05) is 20.2 Å². The molecule has 0 saturated carbocycles. The molecule has 3 aromatic rings. The van der Waals surface area contributed by atoms with Gasteiger partial charge >= 0.3 is 0 Å². The first-order valence-electron chi connectivity index (χ1n) is 11.0. The normalized spacial score (nSPS) is 25.0. The lowest BCUT2D eigenvalue weighted by atomic mass is 9.78. The molecule has 0 aromatic heterocycles.